The highest BCUT2D eigenvalue weighted by atomic mass is 79.9. The third kappa shape index (κ3) is 4.57. The predicted octanol–water partition coefficient (Wildman–Crippen LogP) is 1.96. The maximum atomic E-state index is 12.7. The summed E-state index contributed by atoms with van der Waals surface area (Å²) < 4.78 is 32.3. The van der Waals surface area contributed by atoms with Gasteiger partial charge in [-0.05, 0) is 40.2 Å². The van der Waals surface area contributed by atoms with Crippen LogP contribution >= 0.6 is 27.5 Å². The molecule has 0 atom stereocenters. The quantitative estimate of drug-likeness (QED) is 0.691. The van der Waals surface area contributed by atoms with Crippen molar-refractivity contribution < 1.29 is 22.4 Å². The molecule has 3 rings (SSSR count). The maximum absolute atomic E-state index is 12.7. The number of nitrogens with one attached hydrogen (secondary N) is 1. The molecule has 0 saturated carbocycles. The molecule has 0 unspecified atom stereocenters. The second-order valence-electron chi connectivity index (χ2n) is 6.00. The van der Waals surface area contributed by atoms with Gasteiger partial charge in [-0.1, -0.05) is 23.7 Å². The number of hydrogen-bond donors (Lipinski definition) is 1. The van der Waals surface area contributed by atoms with Crippen molar-refractivity contribution in [2.45, 2.75) is 4.90 Å². The van der Waals surface area contributed by atoms with E-state index in [1.165, 1.54) is 27.4 Å². The van der Waals surface area contributed by atoms with Crippen molar-refractivity contribution >= 4 is 49.4 Å². The Morgan fingerprint density at radius 1 is 1.11 bits per heavy atom. The summed E-state index contributed by atoms with van der Waals surface area (Å²) in [5, 5.41) is 2.65. The number of amides is 2. The summed E-state index contributed by atoms with van der Waals surface area (Å²) >= 11 is 9.11. The van der Waals surface area contributed by atoms with Gasteiger partial charge in [0.1, 0.15) is 4.90 Å². The molecule has 1 aliphatic heterocycles. The first-order valence-corrected chi connectivity index (χ1v) is 11.0. The number of hydrogen-bond acceptors (Lipinski definition) is 5. The smallest absolute Gasteiger partial charge is 0.287 e. The van der Waals surface area contributed by atoms with Crippen molar-refractivity contribution in [2.24, 2.45) is 0 Å². The molecule has 1 fully saturated rings. The van der Waals surface area contributed by atoms with Gasteiger partial charge in [0.05, 0.1) is 11.6 Å². The molecule has 11 heteroatoms. The zero-order chi connectivity index (χ0) is 20.3. The van der Waals surface area contributed by atoms with Gasteiger partial charge in [-0.25, -0.2) is 8.42 Å². The Labute approximate surface area is 175 Å². The lowest BCUT2D eigenvalue weighted by Gasteiger charge is -2.34. The van der Waals surface area contributed by atoms with E-state index in [1.54, 1.807) is 18.2 Å². The van der Waals surface area contributed by atoms with E-state index in [-0.39, 0.29) is 54.3 Å². The highest BCUT2D eigenvalue weighted by Gasteiger charge is 2.31. The molecular weight excluding hydrogens is 474 g/mol. The van der Waals surface area contributed by atoms with Crippen LogP contribution < -0.4 is 5.32 Å². The Kier molecular flexibility index (Phi) is 6.43. The molecule has 0 spiro atoms. The molecule has 2 heterocycles. The van der Waals surface area contributed by atoms with E-state index in [1.807, 2.05) is 0 Å². The fourth-order valence-electron chi connectivity index (χ4n) is 2.76. The second kappa shape index (κ2) is 8.64. The van der Waals surface area contributed by atoms with Gasteiger partial charge in [-0.2, -0.15) is 4.31 Å². The van der Waals surface area contributed by atoms with Crippen molar-refractivity contribution in [3.05, 3.63) is 51.9 Å². The van der Waals surface area contributed by atoms with Crippen LogP contribution in [0.1, 0.15) is 10.6 Å². The first-order chi connectivity index (χ1) is 13.3. The average molecular weight is 491 g/mol. The average Bonchev–Trinajstić information content (AvgIpc) is 3.12. The lowest BCUT2D eigenvalue weighted by molar-refractivity contribution is -0.131. The van der Waals surface area contributed by atoms with Gasteiger partial charge in [0.15, 0.2) is 10.4 Å². The van der Waals surface area contributed by atoms with E-state index in [4.69, 9.17) is 16.0 Å². The minimum Gasteiger partial charge on any atom is -0.444 e. The summed E-state index contributed by atoms with van der Waals surface area (Å²) in [5.74, 6) is -0.705. The normalized spacial score (nSPS) is 15.4. The number of rotatable bonds is 5. The van der Waals surface area contributed by atoms with Crippen LogP contribution in [-0.4, -0.2) is 62.2 Å². The van der Waals surface area contributed by atoms with Gasteiger partial charge in [-0.3, -0.25) is 9.59 Å². The summed E-state index contributed by atoms with van der Waals surface area (Å²) in [6, 6.07) is 9.32. The summed E-state index contributed by atoms with van der Waals surface area (Å²) in [7, 11) is -3.72. The zero-order valence-corrected chi connectivity index (χ0v) is 17.8. The molecule has 1 N–H and O–H groups in total. The number of benzene rings is 1. The summed E-state index contributed by atoms with van der Waals surface area (Å²) in [4.78, 5) is 25.8. The van der Waals surface area contributed by atoms with E-state index in [2.05, 4.69) is 21.2 Å². The second-order valence-corrected chi connectivity index (χ2v) is 9.10. The maximum Gasteiger partial charge on any atom is 0.287 e. The number of piperazine rings is 1. The SMILES string of the molecule is O=C(NCC(=O)N1CCN(S(=O)(=O)c2ccccc2Cl)CC1)c1ccc(Br)o1. The molecule has 0 aliphatic carbocycles. The lowest BCUT2D eigenvalue weighted by atomic mass is 10.3. The van der Waals surface area contributed by atoms with Crippen LogP contribution in [0.25, 0.3) is 0 Å². The molecule has 0 radical (unpaired) electrons. The molecule has 2 aromatic rings. The van der Waals surface area contributed by atoms with Crippen LogP contribution in [0.15, 0.2) is 50.4 Å². The van der Waals surface area contributed by atoms with E-state index >= 15 is 0 Å². The van der Waals surface area contributed by atoms with Crippen LogP contribution in [-0.2, 0) is 14.8 Å². The van der Waals surface area contributed by atoms with Gasteiger partial charge in [0, 0.05) is 26.2 Å². The van der Waals surface area contributed by atoms with Crippen LogP contribution in [0.4, 0.5) is 0 Å². The molecule has 1 saturated heterocycles. The zero-order valence-electron chi connectivity index (χ0n) is 14.6. The fourth-order valence-corrected chi connectivity index (χ4v) is 4.98. The molecular formula is C17H17BrClN3O5S. The minimum atomic E-state index is -3.72. The standard InChI is InChI=1S/C17H17BrClN3O5S/c18-15-6-5-13(27-15)17(24)20-11-16(23)21-7-9-22(10-8-21)28(25,26)14-4-2-1-3-12(14)19/h1-6H,7-11H2,(H,20,24). The highest BCUT2D eigenvalue weighted by molar-refractivity contribution is 9.10. The van der Waals surface area contributed by atoms with E-state index < -0.39 is 15.9 Å². The third-order valence-electron chi connectivity index (χ3n) is 4.24. The van der Waals surface area contributed by atoms with E-state index in [0.29, 0.717) is 4.67 Å². The number of carbonyl (C=O) groups excluding carboxylic acids is 2. The van der Waals surface area contributed by atoms with Crippen LogP contribution in [0.3, 0.4) is 0 Å². The molecule has 8 nitrogen and oxygen atoms in total. The number of halogens is 2. The Balaban J connectivity index is 1.54. The van der Waals surface area contributed by atoms with Gasteiger partial charge >= 0.3 is 0 Å². The fraction of sp³-hybridized carbons (Fsp3) is 0.294. The lowest BCUT2D eigenvalue weighted by Crippen LogP contribution is -2.52. The van der Waals surface area contributed by atoms with Crippen molar-refractivity contribution in [3.63, 3.8) is 0 Å². The summed E-state index contributed by atoms with van der Waals surface area (Å²) in [5.41, 5.74) is 0. The molecule has 28 heavy (non-hydrogen) atoms. The predicted molar refractivity (Wildman–Crippen MR) is 106 cm³/mol. The molecule has 1 aliphatic rings. The minimum absolute atomic E-state index is 0.0494. The third-order valence-corrected chi connectivity index (χ3v) is 7.07. The molecule has 150 valence electrons. The molecule has 1 aromatic heterocycles. The van der Waals surface area contributed by atoms with Gasteiger partial charge < -0.3 is 14.6 Å². The first kappa shape index (κ1) is 20.8. The van der Waals surface area contributed by atoms with Crippen molar-refractivity contribution in [1.29, 1.82) is 0 Å². The molecule has 0 bridgehead atoms. The van der Waals surface area contributed by atoms with Gasteiger partial charge in [-0.15, -0.1) is 0 Å². The van der Waals surface area contributed by atoms with E-state index in [9.17, 15) is 18.0 Å². The molecule has 1 aromatic carbocycles. The highest BCUT2D eigenvalue weighted by Crippen LogP contribution is 2.25. The Bertz CT molecular complexity index is 986. The van der Waals surface area contributed by atoms with Crippen molar-refractivity contribution in [3.8, 4) is 0 Å². The summed E-state index contributed by atoms with van der Waals surface area (Å²) in [6.45, 7) is 0.556. The van der Waals surface area contributed by atoms with Crippen LogP contribution in [0, 0.1) is 0 Å². The van der Waals surface area contributed by atoms with Gasteiger partial charge in [0.25, 0.3) is 5.91 Å². The van der Waals surface area contributed by atoms with Crippen molar-refractivity contribution in [1.82, 2.24) is 14.5 Å². The Morgan fingerprint density at radius 2 is 1.79 bits per heavy atom. The first-order valence-electron chi connectivity index (χ1n) is 8.35. The van der Waals surface area contributed by atoms with Crippen LogP contribution in [0.5, 0.6) is 0 Å². The largest absolute Gasteiger partial charge is 0.444 e. The number of sulfonamides is 1. The number of carbonyl (C=O) groups is 2. The topological polar surface area (TPSA) is 99.9 Å². The summed E-state index contributed by atoms with van der Waals surface area (Å²) in [6.07, 6.45) is 0. The number of furan rings is 1. The Morgan fingerprint density at radius 3 is 2.39 bits per heavy atom. The number of nitrogens with zero attached hydrogens (tertiary/aromatic N) is 2. The Hall–Kier alpha value is -1.88. The van der Waals surface area contributed by atoms with Gasteiger partial charge in [0.2, 0.25) is 15.9 Å². The van der Waals surface area contributed by atoms with Crippen LogP contribution in [0.2, 0.25) is 5.02 Å². The van der Waals surface area contributed by atoms with E-state index in [0.717, 1.165) is 0 Å². The van der Waals surface area contributed by atoms with Crippen molar-refractivity contribution in [2.75, 3.05) is 32.7 Å². The molecule has 2 amide bonds. The monoisotopic (exact) mass is 489 g/mol.